The highest BCUT2D eigenvalue weighted by Crippen LogP contribution is 2.43. The maximum Gasteiger partial charge on any atom is 0.248 e. The highest BCUT2D eigenvalue weighted by atomic mass is 19.3. The van der Waals surface area contributed by atoms with Crippen LogP contribution in [-0.2, 0) is 4.79 Å². The van der Waals surface area contributed by atoms with E-state index in [1.54, 1.807) is 6.33 Å². The summed E-state index contributed by atoms with van der Waals surface area (Å²) in [5, 5.41) is 5.58. The minimum Gasteiger partial charge on any atom is -0.346 e. The van der Waals surface area contributed by atoms with Crippen LogP contribution in [0.15, 0.2) is 31.0 Å². The van der Waals surface area contributed by atoms with Gasteiger partial charge in [0, 0.05) is 73.3 Å². The number of piperidine rings is 1. The molecule has 4 aliphatic rings. The first-order valence-electron chi connectivity index (χ1n) is 13.1. The molecule has 2 bridgehead atoms. The van der Waals surface area contributed by atoms with Gasteiger partial charge in [-0.15, -0.1) is 0 Å². The Morgan fingerprint density at radius 2 is 1.78 bits per heavy atom. The number of aromatic amines is 1. The summed E-state index contributed by atoms with van der Waals surface area (Å²) in [5.74, 6) is -2.67. The van der Waals surface area contributed by atoms with Crippen LogP contribution in [0.2, 0.25) is 0 Å². The number of H-pyrrole nitrogens is 1. The molecule has 36 heavy (non-hydrogen) atoms. The lowest BCUT2D eigenvalue weighted by atomic mass is 9.84. The lowest BCUT2D eigenvalue weighted by Gasteiger charge is -2.49. The Hall–Kier alpha value is -2.88. The Kier molecular flexibility index (Phi) is 5.16. The molecule has 6 heterocycles. The number of rotatable bonds is 4. The number of fused-ring (bicyclic) bond motifs is 3. The van der Waals surface area contributed by atoms with E-state index in [2.05, 4.69) is 29.9 Å². The molecule has 1 saturated carbocycles. The van der Waals surface area contributed by atoms with Crippen molar-refractivity contribution in [2.45, 2.75) is 75.4 Å². The predicted molar refractivity (Wildman–Crippen MR) is 129 cm³/mol. The lowest BCUT2D eigenvalue weighted by molar-refractivity contribution is -0.145. The Balaban J connectivity index is 0.973. The van der Waals surface area contributed by atoms with Gasteiger partial charge >= 0.3 is 0 Å². The van der Waals surface area contributed by atoms with Crippen LogP contribution in [0.3, 0.4) is 0 Å². The second-order valence-corrected chi connectivity index (χ2v) is 11.0. The zero-order valence-corrected chi connectivity index (χ0v) is 20.1. The van der Waals surface area contributed by atoms with E-state index < -0.39 is 5.92 Å². The van der Waals surface area contributed by atoms with Crippen molar-refractivity contribution in [2.24, 2.45) is 5.92 Å². The number of likely N-dealkylation sites (tertiary alicyclic amines) is 1. The molecular formula is C26H30F2N7O. The number of alkyl halides is 2. The van der Waals surface area contributed by atoms with Crippen LogP contribution < -0.4 is 0 Å². The minimum absolute atomic E-state index is 0.137. The maximum absolute atomic E-state index is 13.6. The zero-order valence-electron chi connectivity index (χ0n) is 20.1. The molecule has 1 aliphatic carbocycles. The van der Waals surface area contributed by atoms with Gasteiger partial charge in [0.1, 0.15) is 18.0 Å². The standard InChI is InChI=1S/C26H30F2N7O/c27-26(28)6-3-16(4-7-26)25(36)35-18-1-2-19(35)10-20(9-18)33-13-21(14-33)34-12-17(11-32-34)23-22-5-8-29-24(22)31-15-30-23/h5,8,11-12,15-16,18-20H,1-4,6-7,9-10,13-14H2,(H,29,30,31). The maximum atomic E-state index is 13.6. The van der Waals surface area contributed by atoms with Gasteiger partial charge in [-0.25, -0.2) is 18.7 Å². The highest BCUT2D eigenvalue weighted by Gasteiger charge is 2.49. The molecule has 4 fully saturated rings. The summed E-state index contributed by atoms with van der Waals surface area (Å²) >= 11 is 0. The summed E-state index contributed by atoms with van der Waals surface area (Å²) in [7, 11) is 0. The lowest BCUT2D eigenvalue weighted by Crippen LogP contribution is -2.59. The van der Waals surface area contributed by atoms with Gasteiger partial charge in [0.05, 0.1) is 11.9 Å². The average Bonchev–Trinajstić information content (AvgIpc) is 3.56. The van der Waals surface area contributed by atoms with Gasteiger partial charge in [0.15, 0.2) is 0 Å². The van der Waals surface area contributed by atoms with Gasteiger partial charge in [-0.2, -0.15) is 5.10 Å². The van der Waals surface area contributed by atoms with Crippen LogP contribution >= 0.6 is 0 Å². The highest BCUT2D eigenvalue weighted by molar-refractivity contribution is 5.90. The van der Waals surface area contributed by atoms with Crippen LogP contribution in [0.4, 0.5) is 8.78 Å². The summed E-state index contributed by atoms with van der Waals surface area (Å²) in [5.41, 5.74) is 2.66. The summed E-state index contributed by atoms with van der Waals surface area (Å²) in [6, 6.07) is 4.21. The molecule has 3 saturated heterocycles. The molecule has 1 radical (unpaired) electrons. The third-order valence-corrected chi connectivity index (χ3v) is 8.85. The number of halogens is 2. The summed E-state index contributed by atoms with van der Waals surface area (Å²) in [4.78, 5) is 29.7. The number of carbonyl (C=O) groups is 1. The van der Waals surface area contributed by atoms with Crippen LogP contribution in [-0.4, -0.2) is 77.6 Å². The molecule has 3 aliphatic heterocycles. The number of hydrogen-bond acceptors (Lipinski definition) is 5. The summed E-state index contributed by atoms with van der Waals surface area (Å²) < 4.78 is 29.1. The van der Waals surface area contributed by atoms with E-state index in [0.717, 1.165) is 61.1 Å². The van der Waals surface area contributed by atoms with Crippen LogP contribution in [0.5, 0.6) is 0 Å². The SMILES string of the molecule is O=C(C1CCC(F)(F)CC1)N1C2CCC1CC(N1C[C](n3cc(-c4ncnc5[nH]ccc45)cn3)C1)C2. The first-order chi connectivity index (χ1) is 17.4. The Morgan fingerprint density at radius 1 is 1.03 bits per heavy atom. The van der Waals surface area contributed by atoms with Crippen molar-refractivity contribution < 1.29 is 13.6 Å². The molecule has 1 N–H and O–H groups in total. The monoisotopic (exact) mass is 494 g/mol. The van der Waals surface area contributed by atoms with Gasteiger partial charge < -0.3 is 9.88 Å². The van der Waals surface area contributed by atoms with Crippen LogP contribution in [0, 0.1) is 12.0 Å². The number of nitrogens with one attached hydrogen (secondary N) is 1. The number of nitrogens with zero attached hydrogens (tertiary/aromatic N) is 6. The normalized spacial score (nSPS) is 29.1. The number of carbonyl (C=O) groups excluding carboxylic acids is 1. The third-order valence-electron chi connectivity index (χ3n) is 8.85. The molecule has 189 valence electrons. The fraction of sp³-hybridized carbons (Fsp3) is 0.577. The molecule has 7 rings (SSSR count). The molecule has 0 spiro atoms. The van der Waals surface area contributed by atoms with E-state index in [-0.39, 0.29) is 36.8 Å². The van der Waals surface area contributed by atoms with Crippen molar-refractivity contribution in [1.29, 1.82) is 0 Å². The fourth-order valence-corrected chi connectivity index (χ4v) is 6.85. The van der Waals surface area contributed by atoms with Crippen molar-refractivity contribution in [1.82, 2.24) is 34.5 Å². The predicted octanol–water partition coefficient (Wildman–Crippen LogP) is 3.86. The van der Waals surface area contributed by atoms with Gasteiger partial charge in [-0.3, -0.25) is 14.4 Å². The van der Waals surface area contributed by atoms with E-state index in [1.165, 1.54) is 6.04 Å². The second kappa shape index (κ2) is 8.33. The molecule has 10 heteroatoms. The first-order valence-corrected chi connectivity index (χ1v) is 13.1. The molecule has 3 aromatic heterocycles. The van der Waals surface area contributed by atoms with Crippen molar-refractivity contribution >= 4 is 16.9 Å². The fourth-order valence-electron chi connectivity index (χ4n) is 6.85. The molecule has 8 nitrogen and oxygen atoms in total. The number of amides is 1. The van der Waals surface area contributed by atoms with Gasteiger partial charge in [-0.1, -0.05) is 0 Å². The third kappa shape index (κ3) is 3.72. The van der Waals surface area contributed by atoms with Crippen LogP contribution in [0.25, 0.3) is 22.3 Å². The number of hydrogen-bond donors (Lipinski definition) is 1. The van der Waals surface area contributed by atoms with E-state index in [1.807, 2.05) is 29.3 Å². The van der Waals surface area contributed by atoms with Gasteiger partial charge in [0.2, 0.25) is 11.8 Å². The minimum atomic E-state index is -2.59. The number of aromatic nitrogens is 5. The topological polar surface area (TPSA) is 82.9 Å². The van der Waals surface area contributed by atoms with Crippen molar-refractivity contribution in [3.8, 4) is 11.3 Å². The smallest absolute Gasteiger partial charge is 0.248 e. The van der Waals surface area contributed by atoms with Gasteiger partial charge in [0.25, 0.3) is 0 Å². The molecule has 3 aromatic rings. The average molecular weight is 495 g/mol. The molecule has 0 aromatic carbocycles. The second-order valence-electron chi connectivity index (χ2n) is 11.0. The van der Waals surface area contributed by atoms with Crippen molar-refractivity contribution in [3.63, 3.8) is 0 Å². The van der Waals surface area contributed by atoms with E-state index in [0.29, 0.717) is 18.9 Å². The van der Waals surface area contributed by atoms with E-state index >= 15 is 0 Å². The molecule has 2 unspecified atom stereocenters. The van der Waals surface area contributed by atoms with E-state index in [9.17, 15) is 13.6 Å². The molecule has 1 amide bonds. The van der Waals surface area contributed by atoms with E-state index in [4.69, 9.17) is 0 Å². The van der Waals surface area contributed by atoms with Crippen LogP contribution in [0.1, 0.15) is 51.4 Å². The first kappa shape index (κ1) is 22.3. The Labute approximate surface area is 208 Å². The van der Waals surface area contributed by atoms with Gasteiger partial charge in [-0.05, 0) is 44.6 Å². The van der Waals surface area contributed by atoms with Crippen molar-refractivity contribution in [2.75, 3.05) is 13.1 Å². The molecule has 2 atom stereocenters. The summed E-state index contributed by atoms with van der Waals surface area (Å²) in [6.45, 7) is 1.75. The summed E-state index contributed by atoms with van der Waals surface area (Å²) in [6.07, 6.45) is 11.7. The quantitative estimate of drug-likeness (QED) is 0.596. The largest absolute Gasteiger partial charge is 0.346 e. The Bertz CT molecular complexity index is 1260. The van der Waals surface area contributed by atoms with Crippen molar-refractivity contribution in [3.05, 3.63) is 37.0 Å². The molecular weight excluding hydrogens is 464 g/mol. The zero-order chi connectivity index (χ0) is 24.4. The Morgan fingerprint density at radius 3 is 2.53 bits per heavy atom.